The molecule has 0 aromatic rings. The molecule has 176 valence electrons. The topological polar surface area (TPSA) is 85.2 Å². The lowest BCUT2D eigenvalue weighted by atomic mass is 10.2. The number of allylic oxidation sites excluding steroid dienone is 4. The lowest BCUT2D eigenvalue weighted by Gasteiger charge is -2.19. The number of unbranched alkanes of at least 4 members (excludes halogenated alkanes) is 4. The highest BCUT2D eigenvalue weighted by Crippen LogP contribution is 2.10. The molecule has 0 aliphatic carbocycles. The Morgan fingerprint density at radius 2 is 1.37 bits per heavy atom. The van der Waals surface area contributed by atoms with E-state index < -0.39 is 12.2 Å². The number of esters is 1. The second-order valence-corrected chi connectivity index (χ2v) is 7.37. The summed E-state index contributed by atoms with van der Waals surface area (Å²) in [5.41, 5.74) is 0. The van der Waals surface area contributed by atoms with Crippen LogP contribution in [0.1, 0.15) is 78.1 Å². The van der Waals surface area contributed by atoms with E-state index in [0.717, 1.165) is 51.4 Å². The molecule has 30 heavy (non-hydrogen) atoms. The average molecular weight is 429 g/mol. The minimum atomic E-state index is -0.430. The van der Waals surface area contributed by atoms with Gasteiger partial charge >= 0.3 is 5.97 Å². The van der Waals surface area contributed by atoms with E-state index >= 15 is 0 Å². The van der Waals surface area contributed by atoms with Crippen LogP contribution in [0.15, 0.2) is 24.3 Å². The van der Waals surface area contributed by atoms with Gasteiger partial charge in [-0.2, -0.15) is 0 Å². The van der Waals surface area contributed by atoms with E-state index in [9.17, 15) is 4.79 Å². The Kier molecular flexibility index (Phi) is 21.6. The first-order valence-corrected chi connectivity index (χ1v) is 11.6. The van der Waals surface area contributed by atoms with E-state index in [1.54, 1.807) is 0 Å². The third kappa shape index (κ3) is 18.8. The van der Waals surface area contributed by atoms with Gasteiger partial charge in [0.15, 0.2) is 6.29 Å². The molecule has 0 fully saturated rings. The number of hydrogen-bond donors (Lipinski definition) is 2. The summed E-state index contributed by atoms with van der Waals surface area (Å²) in [6.45, 7) is 5.07. The number of carbonyl (C=O) groups excluding carboxylic acids is 1. The molecule has 0 bridgehead atoms. The van der Waals surface area contributed by atoms with Crippen LogP contribution in [0, 0.1) is 5.92 Å². The van der Waals surface area contributed by atoms with E-state index in [4.69, 9.17) is 24.4 Å². The van der Waals surface area contributed by atoms with Gasteiger partial charge in [-0.15, -0.1) is 0 Å². The van der Waals surface area contributed by atoms with Crippen molar-refractivity contribution in [3.8, 4) is 0 Å². The first-order valence-electron chi connectivity index (χ1n) is 11.6. The van der Waals surface area contributed by atoms with E-state index in [1.165, 1.54) is 0 Å². The highest BCUT2D eigenvalue weighted by atomic mass is 16.7. The molecule has 0 aromatic carbocycles. The third-order valence-electron chi connectivity index (χ3n) is 4.52. The molecule has 0 aromatic heterocycles. The molecule has 0 heterocycles. The maximum atomic E-state index is 11.9. The molecular weight excluding hydrogens is 384 g/mol. The number of rotatable bonds is 21. The van der Waals surface area contributed by atoms with E-state index in [0.29, 0.717) is 19.6 Å². The molecule has 0 amide bonds. The fourth-order valence-electron chi connectivity index (χ4n) is 2.62. The van der Waals surface area contributed by atoms with Crippen molar-refractivity contribution in [1.82, 2.24) is 0 Å². The number of carbonyl (C=O) groups is 1. The summed E-state index contributed by atoms with van der Waals surface area (Å²) in [5.74, 6) is -0.797. The first-order chi connectivity index (χ1) is 14.7. The van der Waals surface area contributed by atoms with Crippen LogP contribution in [-0.2, 0) is 19.0 Å². The van der Waals surface area contributed by atoms with Crippen LogP contribution in [-0.4, -0.2) is 55.5 Å². The molecule has 0 atom stereocenters. The van der Waals surface area contributed by atoms with E-state index in [1.807, 2.05) is 0 Å². The summed E-state index contributed by atoms with van der Waals surface area (Å²) in [5, 5.41) is 18.1. The Hall–Kier alpha value is -1.21. The molecule has 0 saturated heterocycles. The minimum absolute atomic E-state index is 0.0226. The minimum Gasteiger partial charge on any atom is -0.465 e. The predicted molar refractivity (Wildman–Crippen MR) is 120 cm³/mol. The molecule has 0 radical (unpaired) electrons. The van der Waals surface area contributed by atoms with Crippen molar-refractivity contribution in [2.24, 2.45) is 5.92 Å². The molecule has 2 N–H and O–H groups in total. The van der Waals surface area contributed by atoms with Gasteiger partial charge in [0.2, 0.25) is 0 Å². The lowest BCUT2D eigenvalue weighted by molar-refractivity contribution is -0.160. The summed E-state index contributed by atoms with van der Waals surface area (Å²) in [4.78, 5) is 11.9. The Morgan fingerprint density at radius 1 is 0.833 bits per heavy atom. The van der Waals surface area contributed by atoms with Crippen molar-refractivity contribution >= 4 is 5.97 Å². The van der Waals surface area contributed by atoms with Gasteiger partial charge in [0.05, 0.1) is 26.2 Å². The fraction of sp³-hybridized carbons (Fsp3) is 0.792. The number of aliphatic hydroxyl groups is 2. The average Bonchev–Trinajstić information content (AvgIpc) is 2.76. The van der Waals surface area contributed by atoms with Crippen LogP contribution in [0.4, 0.5) is 0 Å². The summed E-state index contributed by atoms with van der Waals surface area (Å²) >= 11 is 0. The van der Waals surface area contributed by atoms with Crippen LogP contribution in [0.5, 0.6) is 0 Å². The van der Waals surface area contributed by atoms with E-state index in [2.05, 4.69) is 38.2 Å². The van der Waals surface area contributed by atoms with Crippen LogP contribution in [0.3, 0.4) is 0 Å². The van der Waals surface area contributed by atoms with Crippen molar-refractivity contribution < 1.29 is 29.2 Å². The molecule has 0 aliphatic rings. The lowest BCUT2D eigenvalue weighted by Crippen LogP contribution is -2.23. The summed E-state index contributed by atoms with van der Waals surface area (Å²) in [7, 11) is 0. The third-order valence-corrected chi connectivity index (χ3v) is 4.52. The molecule has 0 saturated carbocycles. The Morgan fingerprint density at radius 3 is 1.83 bits per heavy atom. The first kappa shape index (κ1) is 28.8. The highest BCUT2D eigenvalue weighted by Gasteiger charge is 2.15. The molecule has 0 aliphatic heterocycles. The molecule has 0 rings (SSSR count). The van der Waals surface area contributed by atoms with Gasteiger partial charge in [-0.1, -0.05) is 38.2 Å². The molecule has 0 spiro atoms. The van der Waals surface area contributed by atoms with Crippen molar-refractivity contribution in [3.63, 3.8) is 0 Å². The zero-order valence-corrected chi connectivity index (χ0v) is 19.1. The maximum absolute atomic E-state index is 11.9. The Labute approximate surface area is 183 Å². The zero-order chi connectivity index (χ0) is 22.3. The second kappa shape index (κ2) is 22.5. The Balaban J connectivity index is 4.19. The summed E-state index contributed by atoms with van der Waals surface area (Å²) in [6, 6.07) is 0. The van der Waals surface area contributed by atoms with Gasteiger partial charge in [0.25, 0.3) is 0 Å². The van der Waals surface area contributed by atoms with Crippen LogP contribution in [0.2, 0.25) is 0 Å². The highest BCUT2D eigenvalue weighted by molar-refractivity contribution is 5.69. The monoisotopic (exact) mass is 428 g/mol. The molecular formula is C24H44O6. The van der Waals surface area contributed by atoms with Gasteiger partial charge in [-0.25, -0.2) is 0 Å². The number of hydrogen-bond acceptors (Lipinski definition) is 6. The Bertz CT molecular complexity index is 407. The standard InChI is InChI=1S/C24H44O6/c1-3-5-7-9-11-13-17-28-24(29-18-14-12-10-8-6-4-2)16-15-23(27)30-21-22(19-25)20-26/h5-8,22,24-26H,3-4,9-21H2,1-2H3/b7-5-,8-6-. The van der Waals surface area contributed by atoms with Gasteiger partial charge in [0.1, 0.15) is 0 Å². The number of aliphatic hydroxyl groups excluding tert-OH is 2. The van der Waals surface area contributed by atoms with Crippen LogP contribution < -0.4 is 0 Å². The van der Waals surface area contributed by atoms with Gasteiger partial charge < -0.3 is 24.4 Å². The van der Waals surface area contributed by atoms with Gasteiger partial charge in [-0.3, -0.25) is 4.79 Å². The van der Waals surface area contributed by atoms with Crippen LogP contribution in [0.25, 0.3) is 0 Å². The normalized spacial score (nSPS) is 12.1. The summed E-state index contributed by atoms with van der Waals surface area (Å²) in [6.07, 6.45) is 17.2. The van der Waals surface area contributed by atoms with E-state index in [-0.39, 0.29) is 32.2 Å². The van der Waals surface area contributed by atoms with Crippen molar-refractivity contribution in [1.29, 1.82) is 0 Å². The maximum Gasteiger partial charge on any atom is 0.305 e. The largest absolute Gasteiger partial charge is 0.465 e. The van der Waals surface area contributed by atoms with Gasteiger partial charge in [0, 0.05) is 25.6 Å². The smallest absolute Gasteiger partial charge is 0.305 e. The second-order valence-electron chi connectivity index (χ2n) is 7.37. The fourth-order valence-corrected chi connectivity index (χ4v) is 2.62. The quantitative estimate of drug-likeness (QED) is 0.121. The molecule has 6 heteroatoms. The van der Waals surface area contributed by atoms with Crippen molar-refractivity contribution in [2.75, 3.05) is 33.0 Å². The molecule has 0 unspecified atom stereocenters. The molecule has 6 nitrogen and oxygen atoms in total. The SMILES string of the molecule is CC/C=C\CCCCOC(CCC(=O)OCC(CO)CO)OCCCC/C=C\CC. The zero-order valence-electron chi connectivity index (χ0n) is 19.1. The summed E-state index contributed by atoms with van der Waals surface area (Å²) < 4.78 is 16.8. The number of ether oxygens (including phenoxy) is 3. The van der Waals surface area contributed by atoms with Crippen molar-refractivity contribution in [3.05, 3.63) is 24.3 Å². The van der Waals surface area contributed by atoms with Gasteiger partial charge in [-0.05, 0) is 51.4 Å². The van der Waals surface area contributed by atoms with Crippen molar-refractivity contribution in [2.45, 2.75) is 84.3 Å². The predicted octanol–water partition coefficient (Wildman–Crippen LogP) is 4.54. The van der Waals surface area contributed by atoms with Crippen LogP contribution >= 0.6 is 0 Å².